The van der Waals surface area contributed by atoms with Gasteiger partial charge in [-0.1, -0.05) is 59.1 Å². The van der Waals surface area contributed by atoms with Gasteiger partial charge in [-0.25, -0.2) is 4.79 Å². The lowest BCUT2D eigenvalue weighted by molar-refractivity contribution is -0.163. The van der Waals surface area contributed by atoms with Crippen LogP contribution < -0.4 is 10.1 Å². The third kappa shape index (κ3) is 6.73. The summed E-state index contributed by atoms with van der Waals surface area (Å²) >= 11 is 16.6. The maximum Gasteiger partial charge on any atom is 0.428 e. The first-order valence-electron chi connectivity index (χ1n) is 8.35. The smallest absolute Gasteiger partial charge is 0.428 e. The molecule has 0 atom stereocenters. The first-order valence-corrected chi connectivity index (χ1v) is 9.60. The van der Waals surface area contributed by atoms with Crippen LogP contribution in [0.5, 0.6) is 5.75 Å². The van der Waals surface area contributed by atoms with E-state index in [1.807, 2.05) is 0 Å². The normalized spacial score (nSPS) is 12.2. The molecule has 2 aromatic rings. The molecule has 2 amide bonds. The predicted octanol–water partition coefficient (Wildman–Crippen LogP) is 6.52. The van der Waals surface area contributed by atoms with Crippen LogP contribution in [0.15, 0.2) is 53.5 Å². The molecule has 10 heteroatoms. The molecule has 0 spiro atoms. The molecule has 0 saturated heterocycles. The molecule has 5 nitrogen and oxygen atoms in total. The van der Waals surface area contributed by atoms with Crippen LogP contribution >= 0.6 is 34.8 Å². The molecule has 1 N–H and O–H groups in total. The summed E-state index contributed by atoms with van der Waals surface area (Å²) in [6.45, 7) is 3.51. The number of nitrogens with one attached hydrogen (secondary N) is 1. The van der Waals surface area contributed by atoms with Gasteiger partial charge >= 0.3 is 12.1 Å². The first-order chi connectivity index (χ1) is 13.6. The number of rotatable bonds is 6. The lowest BCUT2D eigenvalue weighted by Gasteiger charge is -2.20. The van der Waals surface area contributed by atoms with E-state index in [2.05, 4.69) is 15.0 Å². The highest BCUT2D eigenvalue weighted by molar-refractivity contribution is 6.44. The lowest BCUT2D eigenvalue weighted by atomic mass is 10.2. The maximum atomic E-state index is 13.7. The molecule has 0 fully saturated rings. The monoisotopic (exact) mass is 464 g/mol. The Balaban J connectivity index is 2.30. The average molecular weight is 466 g/mol. The Morgan fingerprint density at radius 1 is 1.10 bits per heavy atom. The number of benzene rings is 2. The predicted molar refractivity (Wildman–Crippen MR) is 111 cm³/mol. The van der Waals surface area contributed by atoms with Crippen LogP contribution in [0.4, 0.5) is 19.3 Å². The fourth-order valence-electron chi connectivity index (χ4n) is 2.09. The Kier molecular flexibility index (Phi) is 8.07. The summed E-state index contributed by atoms with van der Waals surface area (Å²) in [5.41, 5.74) is 0.346. The molecule has 0 heterocycles. The first kappa shape index (κ1) is 23.2. The fourth-order valence-corrected chi connectivity index (χ4v) is 2.40. The van der Waals surface area contributed by atoms with Gasteiger partial charge in [-0.2, -0.15) is 13.8 Å². The number of carbonyl (C=O) groups is 1. The number of hydrogen-bond donors (Lipinski definition) is 1. The van der Waals surface area contributed by atoms with E-state index >= 15 is 0 Å². The van der Waals surface area contributed by atoms with Gasteiger partial charge in [-0.05, 0) is 38.1 Å². The number of nitrogens with zero attached hydrogens (tertiary/aromatic N) is 1. The quantitative estimate of drug-likeness (QED) is 0.300. The van der Waals surface area contributed by atoms with Gasteiger partial charge in [0.2, 0.25) is 10.7 Å². The number of para-hydroxylation sites is 2. The van der Waals surface area contributed by atoms with Crippen molar-refractivity contribution in [1.29, 1.82) is 0 Å². The molecule has 0 aromatic heterocycles. The molecule has 0 aliphatic heterocycles. The van der Waals surface area contributed by atoms with Gasteiger partial charge in [0.15, 0.2) is 0 Å². The highest BCUT2D eigenvalue weighted by Crippen LogP contribution is 2.34. The minimum atomic E-state index is -3.86. The number of amides is 2. The Bertz CT molecular complexity index is 893. The van der Waals surface area contributed by atoms with Crippen molar-refractivity contribution in [1.82, 2.24) is 0 Å². The minimum Gasteiger partial charge on any atom is -0.474 e. The van der Waals surface area contributed by atoms with Crippen molar-refractivity contribution >= 4 is 52.4 Å². The summed E-state index contributed by atoms with van der Waals surface area (Å²) < 4.78 is 37.6. The van der Waals surface area contributed by atoms with Crippen molar-refractivity contribution in [2.75, 3.05) is 5.32 Å². The summed E-state index contributed by atoms with van der Waals surface area (Å²) in [4.78, 5) is 14.2. The second-order valence-electron chi connectivity index (χ2n) is 5.95. The lowest BCUT2D eigenvalue weighted by Crippen LogP contribution is -2.32. The fraction of sp³-hybridized carbons (Fsp3) is 0.263. The number of urea groups is 1. The molecule has 2 aromatic carbocycles. The largest absolute Gasteiger partial charge is 0.474 e. The summed E-state index contributed by atoms with van der Waals surface area (Å²) in [6.07, 6.45) is -4.16. The molecular weight excluding hydrogens is 449 g/mol. The van der Waals surface area contributed by atoms with Gasteiger partial charge in [0.1, 0.15) is 5.75 Å². The summed E-state index contributed by atoms with van der Waals surface area (Å²) in [7, 11) is 0. The SMILES string of the molecule is CC(C)OC(=NC(=O)Nc1ccccc1OC(F)(F)C(Cl)Cl)c1ccccc1Cl. The molecule has 0 aliphatic rings. The van der Waals surface area contributed by atoms with Crippen LogP contribution in [-0.2, 0) is 4.74 Å². The third-order valence-corrected chi connectivity index (χ3v) is 4.12. The second-order valence-corrected chi connectivity index (χ2v) is 7.46. The Morgan fingerprint density at radius 2 is 1.72 bits per heavy atom. The molecule has 29 heavy (non-hydrogen) atoms. The highest BCUT2D eigenvalue weighted by atomic mass is 35.5. The molecule has 0 unspecified atom stereocenters. The Hall–Kier alpha value is -2.09. The van der Waals surface area contributed by atoms with Crippen molar-refractivity contribution < 1.29 is 23.0 Å². The van der Waals surface area contributed by atoms with E-state index in [0.29, 0.717) is 10.6 Å². The summed E-state index contributed by atoms with van der Waals surface area (Å²) in [5.74, 6) is -0.357. The second kappa shape index (κ2) is 10.1. The maximum absolute atomic E-state index is 13.7. The summed E-state index contributed by atoms with van der Waals surface area (Å²) in [5, 5.41) is 2.70. The third-order valence-electron chi connectivity index (χ3n) is 3.28. The number of ether oxygens (including phenoxy) is 2. The molecule has 0 aliphatic carbocycles. The molecule has 156 valence electrons. The van der Waals surface area contributed by atoms with E-state index in [-0.39, 0.29) is 23.4 Å². The van der Waals surface area contributed by atoms with Crippen molar-refractivity contribution in [3.05, 3.63) is 59.1 Å². The standard InChI is InChI=1S/C19H17Cl3F2N2O3/c1-11(2)28-16(12-7-3-4-8-13(12)20)26-18(27)25-14-9-5-6-10-15(14)29-19(23,24)17(21)22/h3-11,17H,1-2H3,(H,25,27). The van der Waals surface area contributed by atoms with E-state index in [1.165, 1.54) is 24.3 Å². The number of aliphatic imine (C=N–C) groups is 1. The van der Waals surface area contributed by atoms with Crippen molar-refractivity contribution in [2.45, 2.75) is 30.9 Å². The molecule has 0 bridgehead atoms. The number of hydrogen-bond acceptors (Lipinski definition) is 3. The van der Waals surface area contributed by atoms with Crippen LogP contribution in [0.1, 0.15) is 19.4 Å². The van der Waals surface area contributed by atoms with E-state index in [1.54, 1.807) is 38.1 Å². The Labute approximate surface area is 181 Å². The zero-order valence-electron chi connectivity index (χ0n) is 15.3. The van der Waals surface area contributed by atoms with E-state index in [4.69, 9.17) is 39.5 Å². The van der Waals surface area contributed by atoms with Gasteiger partial charge in [0.25, 0.3) is 0 Å². The zero-order chi connectivity index (χ0) is 21.6. The zero-order valence-corrected chi connectivity index (χ0v) is 17.6. The number of anilines is 1. The van der Waals surface area contributed by atoms with Crippen LogP contribution in [-0.4, -0.2) is 29.0 Å². The topological polar surface area (TPSA) is 59.9 Å². The number of alkyl halides is 4. The molecular formula is C19H17Cl3F2N2O3. The van der Waals surface area contributed by atoms with Gasteiger partial charge in [-0.3, -0.25) is 0 Å². The van der Waals surface area contributed by atoms with Crippen LogP contribution in [0.2, 0.25) is 5.02 Å². The van der Waals surface area contributed by atoms with Gasteiger partial charge in [-0.15, -0.1) is 0 Å². The van der Waals surface area contributed by atoms with Crippen LogP contribution in [0, 0.1) is 0 Å². The number of halogens is 5. The average Bonchev–Trinajstić information content (AvgIpc) is 2.62. The van der Waals surface area contributed by atoms with E-state index < -0.39 is 17.0 Å². The molecule has 0 saturated carbocycles. The van der Waals surface area contributed by atoms with E-state index in [9.17, 15) is 13.6 Å². The molecule has 0 radical (unpaired) electrons. The van der Waals surface area contributed by atoms with Crippen molar-refractivity contribution in [3.63, 3.8) is 0 Å². The van der Waals surface area contributed by atoms with Gasteiger partial charge < -0.3 is 14.8 Å². The Morgan fingerprint density at radius 3 is 2.34 bits per heavy atom. The van der Waals surface area contributed by atoms with Crippen LogP contribution in [0.25, 0.3) is 0 Å². The molecule has 2 rings (SSSR count). The minimum absolute atomic E-state index is 0.0200. The van der Waals surface area contributed by atoms with E-state index in [0.717, 1.165) is 0 Å². The van der Waals surface area contributed by atoms with Crippen LogP contribution in [0.3, 0.4) is 0 Å². The highest BCUT2D eigenvalue weighted by Gasteiger charge is 2.40. The van der Waals surface area contributed by atoms with Crippen molar-refractivity contribution in [3.8, 4) is 5.75 Å². The van der Waals surface area contributed by atoms with Gasteiger partial charge in [0, 0.05) is 0 Å². The number of carbonyl (C=O) groups excluding carboxylic acids is 1. The summed E-state index contributed by atoms with van der Waals surface area (Å²) in [6, 6.07) is 11.3. The van der Waals surface area contributed by atoms with Crippen molar-refractivity contribution in [2.24, 2.45) is 4.99 Å². The van der Waals surface area contributed by atoms with Gasteiger partial charge in [0.05, 0.1) is 22.4 Å².